The van der Waals surface area contributed by atoms with E-state index in [4.69, 9.17) is 0 Å². The zero-order valence-electron chi connectivity index (χ0n) is 13.5. The van der Waals surface area contributed by atoms with Gasteiger partial charge in [-0.2, -0.15) is 5.26 Å². The summed E-state index contributed by atoms with van der Waals surface area (Å²) in [6, 6.07) is 22.0. The van der Waals surface area contributed by atoms with Gasteiger partial charge < -0.3 is 0 Å². The van der Waals surface area contributed by atoms with Crippen molar-refractivity contribution in [2.45, 2.75) is 38.0 Å². The second-order valence-corrected chi connectivity index (χ2v) is 6.65. The third-order valence-electron chi connectivity index (χ3n) is 5.20. The van der Waals surface area contributed by atoms with Crippen molar-refractivity contribution in [3.63, 3.8) is 0 Å². The van der Waals surface area contributed by atoms with E-state index in [0.717, 1.165) is 32.1 Å². The molecule has 116 valence electrons. The molecule has 0 amide bonds. The highest BCUT2D eigenvalue weighted by atomic mass is 14.4. The fourth-order valence-electron chi connectivity index (χ4n) is 3.72. The van der Waals surface area contributed by atoms with E-state index in [0.29, 0.717) is 5.92 Å². The molecule has 0 aromatic heterocycles. The monoisotopic (exact) mass is 301 g/mol. The Bertz CT molecular complexity index is 683. The molecule has 0 unspecified atom stereocenters. The normalized spacial score (nSPS) is 23.9. The lowest BCUT2D eigenvalue weighted by Crippen LogP contribution is -2.24. The van der Waals surface area contributed by atoms with Gasteiger partial charge in [-0.25, -0.2) is 0 Å². The van der Waals surface area contributed by atoms with E-state index in [1.165, 1.54) is 16.7 Å². The Balaban J connectivity index is 1.70. The minimum atomic E-state index is -0.164. The second-order valence-electron chi connectivity index (χ2n) is 6.65. The van der Waals surface area contributed by atoms with Gasteiger partial charge in [0, 0.05) is 0 Å². The molecular formula is C22H23N. The SMILES string of the molecule is C=CCC1(C#N)CCC(c2ccc(-c3ccccc3)cc2)CC1. The number of hydrogen-bond acceptors (Lipinski definition) is 1. The summed E-state index contributed by atoms with van der Waals surface area (Å²) in [6.45, 7) is 3.81. The van der Waals surface area contributed by atoms with Gasteiger partial charge in [0.1, 0.15) is 0 Å². The molecule has 2 aromatic carbocycles. The summed E-state index contributed by atoms with van der Waals surface area (Å²) in [4.78, 5) is 0. The van der Waals surface area contributed by atoms with Crippen molar-refractivity contribution in [1.82, 2.24) is 0 Å². The average molecular weight is 301 g/mol. The van der Waals surface area contributed by atoms with Gasteiger partial charge in [-0.3, -0.25) is 0 Å². The highest BCUT2D eigenvalue weighted by Gasteiger charge is 2.34. The molecule has 1 aliphatic carbocycles. The molecule has 0 atom stereocenters. The number of nitriles is 1. The maximum atomic E-state index is 9.49. The Kier molecular flexibility index (Phi) is 4.63. The summed E-state index contributed by atoms with van der Waals surface area (Å²) in [5, 5.41) is 9.49. The predicted molar refractivity (Wildman–Crippen MR) is 95.9 cm³/mol. The Morgan fingerprint density at radius 1 is 1.00 bits per heavy atom. The van der Waals surface area contributed by atoms with Crippen LogP contribution in [-0.4, -0.2) is 0 Å². The Morgan fingerprint density at radius 2 is 1.61 bits per heavy atom. The summed E-state index contributed by atoms with van der Waals surface area (Å²) >= 11 is 0. The van der Waals surface area contributed by atoms with Gasteiger partial charge in [0.15, 0.2) is 0 Å². The lowest BCUT2D eigenvalue weighted by atomic mass is 9.68. The van der Waals surface area contributed by atoms with Crippen LogP contribution in [0.2, 0.25) is 0 Å². The second kappa shape index (κ2) is 6.84. The first-order valence-electron chi connectivity index (χ1n) is 8.44. The standard InChI is InChI=1S/C22H23N/c1-2-14-22(17-23)15-12-21(13-16-22)20-10-8-19(9-11-20)18-6-4-3-5-7-18/h2-11,21H,1,12-16H2. The zero-order chi connectivity index (χ0) is 16.1. The van der Waals surface area contributed by atoms with E-state index in [1.807, 2.05) is 12.1 Å². The molecule has 1 nitrogen and oxygen atoms in total. The van der Waals surface area contributed by atoms with Crippen LogP contribution in [0.3, 0.4) is 0 Å². The van der Waals surface area contributed by atoms with Crippen LogP contribution in [0.5, 0.6) is 0 Å². The molecule has 1 fully saturated rings. The molecule has 1 saturated carbocycles. The first-order chi connectivity index (χ1) is 11.3. The van der Waals surface area contributed by atoms with E-state index >= 15 is 0 Å². The molecule has 0 N–H and O–H groups in total. The maximum absolute atomic E-state index is 9.49. The van der Waals surface area contributed by atoms with E-state index in [-0.39, 0.29) is 5.41 Å². The maximum Gasteiger partial charge on any atom is 0.0693 e. The Hall–Kier alpha value is -2.33. The van der Waals surface area contributed by atoms with Crippen molar-refractivity contribution >= 4 is 0 Å². The molecule has 2 aromatic rings. The summed E-state index contributed by atoms with van der Waals surface area (Å²) in [5.74, 6) is 0.589. The van der Waals surface area contributed by atoms with E-state index < -0.39 is 0 Å². The largest absolute Gasteiger partial charge is 0.198 e. The molecule has 0 saturated heterocycles. The van der Waals surface area contributed by atoms with Gasteiger partial charge in [0.25, 0.3) is 0 Å². The number of allylic oxidation sites excluding steroid dienone is 1. The fraction of sp³-hybridized carbons (Fsp3) is 0.318. The van der Waals surface area contributed by atoms with Gasteiger partial charge in [-0.15, -0.1) is 6.58 Å². The van der Waals surface area contributed by atoms with Crippen LogP contribution in [-0.2, 0) is 0 Å². The summed E-state index contributed by atoms with van der Waals surface area (Å²) in [6.07, 6.45) is 6.90. The quantitative estimate of drug-likeness (QED) is 0.626. The molecule has 0 radical (unpaired) electrons. The minimum absolute atomic E-state index is 0.164. The number of rotatable bonds is 4. The van der Waals surface area contributed by atoms with Crippen molar-refractivity contribution in [3.8, 4) is 17.2 Å². The zero-order valence-corrected chi connectivity index (χ0v) is 13.5. The van der Waals surface area contributed by atoms with Crippen molar-refractivity contribution in [2.24, 2.45) is 5.41 Å². The average Bonchev–Trinajstić information content (AvgIpc) is 2.63. The van der Waals surface area contributed by atoms with Crippen LogP contribution >= 0.6 is 0 Å². The first-order valence-corrected chi connectivity index (χ1v) is 8.44. The van der Waals surface area contributed by atoms with Crippen LogP contribution in [0, 0.1) is 16.7 Å². The number of hydrogen-bond donors (Lipinski definition) is 0. The molecule has 23 heavy (non-hydrogen) atoms. The molecule has 3 rings (SSSR count). The molecule has 0 bridgehead atoms. The predicted octanol–water partition coefficient (Wildman–Crippen LogP) is 6.10. The van der Waals surface area contributed by atoms with Crippen molar-refractivity contribution in [3.05, 3.63) is 72.8 Å². The van der Waals surface area contributed by atoms with Crippen molar-refractivity contribution < 1.29 is 0 Å². The number of benzene rings is 2. The van der Waals surface area contributed by atoms with Gasteiger partial charge in [0.2, 0.25) is 0 Å². The minimum Gasteiger partial charge on any atom is -0.198 e. The summed E-state index contributed by atoms with van der Waals surface area (Å²) in [5.41, 5.74) is 3.78. The molecule has 0 spiro atoms. The van der Waals surface area contributed by atoms with Gasteiger partial charge >= 0.3 is 0 Å². The lowest BCUT2D eigenvalue weighted by Gasteiger charge is -2.34. The van der Waals surface area contributed by atoms with E-state index in [1.54, 1.807) is 0 Å². The van der Waals surface area contributed by atoms with Crippen molar-refractivity contribution in [1.29, 1.82) is 5.26 Å². The Labute approximate surface area is 139 Å². The first kappa shape index (κ1) is 15.6. The molecule has 0 aliphatic heterocycles. The smallest absolute Gasteiger partial charge is 0.0693 e. The van der Waals surface area contributed by atoms with Crippen LogP contribution < -0.4 is 0 Å². The molecule has 1 aliphatic rings. The van der Waals surface area contributed by atoms with Crippen LogP contribution in [0.25, 0.3) is 11.1 Å². The molecule has 1 heteroatoms. The third-order valence-corrected chi connectivity index (χ3v) is 5.20. The molecule has 0 heterocycles. The summed E-state index contributed by atoms with van der Waals surface area (Å²) in [7, 11) is 0. The third kappa shape index (κ3) is 3.37. The topological polar surface area (TPSA) is 23.8 Å². The van der Waals surface area contributed by atoms with E-state index in [9.17, 15) is 5.26 Å². The van der Waals surface area contributed by atoms with Crippen molar-refractivity contribution in [2.75, 3.05) is 0 Å². The van der Waals surface area contributed by atoms with Crippen LogP contribution in [0.1, 0.15) is 43.6 Å². The van der Waals surface area contributed by atoms with Crippen LogP contribution in [0.4, 0.5) is 0 Å². The Morgan fingerprint density at radius 3 is 2.17 bits per heavy atom. The highest BCUT2D eigenvalue weighted by Crippen LogP contribution is 2.45. The van der Waals surface area contributed by atoms with Gasteiger partial charge in [-0.1, -0.05) is 60.7 Å². The van der Waals surface area contributed by atoms with Crippen LogP contribution in [0.15, 0.2) is 67.3 Å². The highest BCUT2D eigenvalue weighted by molar-refractivity contribution is 5.63. The van der Waals surface area contributed by atoms with Gasteiger partial charge in [-0.05, 0) is 54.7 Å². The van der Waals surface area contributed by atoms with E-state index in [2.05, 4.69) is 61.2 Å². The molecular weight excluding hydrogens is 278 g/mol. The summed E-state index contributed by atoms with van der Waals surface area (Å²) < 4.78 is 0. The fourth-order valence-corrected chi connectivity index (χ4v) is 3.72. The number of nitrogens with zero attached hydrogens (tertiary/aromatic N) is 1. The van der Waals surface area contributed by atoms with Gasteiger partial charge in [0.05, 0.1) is 11.5 Å². The lowest BCUT2D eigenvalue weighted by molar-refractivity contribution is 0.248.